The van der Waals surface area contributed by atoms with Gasteiger partial charge in [-0.05, 0) is 18.2 Å². The highest BCUT2D eigenvalue weighted by Gasteiger charge is 2.12. The van der Waals surface area contributed by atoms with Crippen molar-refractivity contribution in [1.82, 2.24) is 0 Å². The molecule has 0 saturated carbocycles. The summed E-state index contributed by atoms with van der Waals surface area (Å²) >= 11 is 11.7. The van der Waals surface area contributed by atoms with E-state index in [-0.39, 0.29) is 10.7 Å². The Bertz CT molecular complexity index is 657. The van der Waals surface area contributed by atoms with E-state index in [1.54, 1.807) is 24.4 Å². The zero-order chi connectivity index (χ0) is 13.8. The molecule has 0 aliphatic rings. The Morgan fingerprint density at radius 1 is 1.11 bits per heavy atom. The predicted molar refractivity (Wildman–Crippen MR) is 76.8 cm³/mol. The van der Waals surface area contributed by atoms with Gasteiger partial charge in [0.1, 0.15) is 5.02 Å². The molecule has 0 radical (unpaired) electrons. The Hall–Kier alpha value is -1.91. The number of nitro benzene ring substituents is 1. The normalized spacial score (nSPS) is 10.8. The number of aliphatic imine (C=N–C) groups is 1. The maximum atomic E-state index is 10.8. The molecule has 0 bridgehead atoms. The zero-order valence-electron chi connectivity index (χ0n) is 9.59. The monoisotopic (exact) mass is 294 g/mol. The van der Waals surface area contributed by atoms with Crippen molar-refractivity contribution in [3.05, 3.63) is 68.2 Å². The van der Waals surface area contributed by atoms with Gasteiger partial charge in [-0.25, -0.2) is 0 Å². The minimum Gasteiger partial charge on any atom is -0.258 e. The molecule has 0 fully saturated rings. The summed E-state index contributed by atoms with van der Waals surface area (Å²) in [7, 11) is 0. The molecule has 0 aliphatic carbocycles. The van der Waals surface area contributed by atoms with E-state index in [0.29, 0.717) is 10.7 Å². The number of hydrogen-bond acceptors (Lipinski definition) is 3. The number of halogens is 2. The van der Waals surface area contributed by atoms with E-state index in [1.807, 2.05) is 12.1 Å². The van der Waals surface area contributed by atoms with E-state index >= 15 is 0 Å². The first-order chi connectivity index (χ1) is 9.08. The van der Waals surface area contributed by atoms with Gasteiger partial charge in [0, 0.05) is 22.9 Å². The van der Waals surface area contributed by atoms with Crippen LogP contribution in [0.4, 0.5) is 11.4 Å². The molecule has 0 aliphatic heterocycles. The van der Waals surface area contributed by atoms with Gasteiger partial charge in [-0.1, -0.05) is 41.4 Å². The number of hydrogen-bond donors (Lipinski definition) is 0. The van der Waals surface area contributed by atoms with Crippen molar-refractivity contribution in [1.29, 1.82) is 0 Å². The summed E-state index contributed by atoms with van der Waals surface area (Å²) < 4.78 is 0. The zero-order valence-corrected chi connectivity index (χ0v) is 11.1. The number of nitrogens with zero attached hydrogens (tertiary/aromatic N) is 2. The summed E-state index contributed by atoms with van der Waals surface area (Å²) in [4.78, 5) is 14.4. The SMILES string of the molecule is O=[N+]([O-])c1cc(N=Cc2ccccc2Cl)ccc1Cl. The van der Waals surface area contributed by atoms with Gasteiger partial charge >= 0.3 is 0 Å². The fourth-order valence-corrected chi connectivity index (χ4v) is 1.82. The minimum absolute atomic E-state index is 0.0849. The summed E-state index contributed by atoms with van der Waals surface area (Å²) in [6, 6.07) is 11.5. The molecule has 2 rings (SSSR count). The van der Waals surface area contributed by atoms with Crippen LogP contribution >= 0.6 is 23.2 Å². The van der Waals surface area contributed by atoms with Gasteiger partial charge in [-0.15, -0.1) is 0 Å². The molecule has 0 N–H and O–H groups in total. The second-order valence-electron chi connectivity index (χ2n) is 3.67. The van der Waals surface area contributed by atoms with E-state index in [2.05, 4.69) is 4.99 Å². The van der Waals surface area contributed by atoms with E-state index in [4.69, 9.17) is 23.2 Å². The van der Waals surface area contributed by atoms with Crippen molar-refractivity contribution in [3.63, 3.8) is 0 Å². The van der Waals surface area contributed by atoms with Crippen molar-refractivity contribution < 1.29 is 4.92 Å². The molecule has 0 atom stereocenters. The van der Waals surface area contributed by atoms with E-state index in [0.717, 1.165) is 5.56 Å². The minimum atomic E-state index is -0.545. The first-order valence-corrected chi connectivity index (χ1v) is 6.06. The van der Waals surface area contributed by atoms with Crippen LogP contribution in [0, 0.1) is 10.1 Å². The lowest BCUT2D eigenvalue weighted by Gasteiger charge is -1.98. The fraction of sp³-hybridized carbons (Fsp3) is 0. The molecule has 0 spiro atoms. The van der Waals surface area contributed by atoms with E-state index in [1.165, 1.54) is 12.1 Å². The van der Waals surface area contributed by atoms with Gasteiger partial charge < -0.3 is 0 Å². The Labute approximate surface area is 119 Å². The second kappa shape index (κ2) is 5.82. The fourth-order valence-electron chi connectivity index (χ4n) is 1.45. The van der Waals surface area contributed by atoms with Crippen LogP contribution in [0.3, 0.4) is 0 Å². The van der Waals surface area contributed by atoms with Crippen LogP contribution in [0.5, 0.6) is 0 Å². The molecular weight excluding hydrogens is 287 g/mol. The first-order valence-electron chi connectivity index (χ1n) is 5.30. The predicted octanol–water partition coefficient (Wildman–Crippen LogP) is 4.65. The van der Waals surface area contributed by atoms with Crippen LogP contribution in [0.2, 0.25) is 10.0 Å². The van der Waals surface area contributed by atoms with Crippen LogP contribution < -0.4 is 0 Å². The Balaban J connectivity index is 2.32. The smallest absolute Gasteiger partial charge is 0.258 e. The van der Waals surface area contributed by atoms with Gasteiger partial charge in [-0.2, -0.15) is 0 Å². The largest absolute Gasteiger partial charge is 0.290 e. The first kappa shape index (κ1) is 13.5. The summed E-state index contributed by atoms with van der Waals surface area (Å²) in [6.07, 6.45) is 1.55. The molecule has 2 aromatic rings. The standard InChI is InChI=1S/C13H8Cl2N2O2/c14-11-4-2-1-3-9(11)8-16-10-5-6-12(15)13(7-10)17(18)19/h1-8H. The van der Waals surface area contributed by atoms with E-state index in [9.17, 15) is 10.1 Å². The van der Waals surface area contributed by atoms with Gasteiger partial charge in [-0.3, -0.25) is 15.1 Å². The van der Waals surface area contributed by atoms with Crippen LogP contribution in [0.15, 0.2) is 47.5 Å². The van der Waals surface area contributed by atoms with Crippen molar-refractivity contribution in [2.75, 3.05) is 0 Å². The summed E-state index contributed by atoms with van der Waals surface area (Å²) in [5, 5.41) is 11.4. The molecule has 0 unspecified atom stereocenters. The van der Waals surface area contributed by atoms with Crippen LogP contribution in [0.25, 0.3) is 0 Å². The maximum absolute atomic E-state index is 10.8. The number of nitro groups is 1. The van der Waals surface area contributed by atoms with Gasteiger partial charge in [0.2, 0.25) is 0 Å². The molecule has 96 valence electrons. The highest BCUT2D eigenvalue weighted by molar-refractivity contribution is 6.33. The highest BCUT2D eigenvalue weighted by atomic mass is 35.5. The summed E-state index contributed by atoms with van der Waals surface area (Å²) in [6.45, 7) is 0. The summed E-state index contributed by atoms with van der Waals surface area (Å²) in [5.74, 6) is 0. The third kappa shape index (κ3) is 3.30. The molecule has 0 aromatic heterocycles. The van der Waals surface area contributed by atoms with Crippen molar-refractivity contribution in [3.8, 4) is 0 Å². The molecule has 6 heteroatoms. The van der Waals surface area contributed by atoms with Crippen molar-refractivity contribution >= 4 is 40.8 Å². The Kier molecular flexibility index (Phi) is 4.14. The van der Waals surface area contributed by atoms with Gasteiger partial charge in [0.25, 0.3) is 5.69 Å². The van der Waals surface area contributed by atoms with Crippen LogP contribution in [-0.2, 0) is 0 Å². The molecule has 0 amide bonds. The second-order valence-corrected chi connectivity index (χ2v) is 4.49. The lowest BCUT2D eigenvalue weighted by atomic mass is 10.2. The quantitative estimate of drug-likeness (QED) is 0.470. The molecule has 0 heterocycles. The number of benzene rings is 2. The Morgan fingerprint density at radius 2 is 1.84 bits per heavy atom. The van der Waals surface area contributed by atoms with Gasteiger partial charge in [0.15, 0.2) is 0 Å². The number of rotatable bonds is 3. The third-order valence-electron chi connectivity index (χ3n) is 2.38. The average Bonchev–Trinajstić information content (AvgIpc) is 2.39. The average molecular weight is 295 g/mol. The lowest BCUT2D eigenvalue weighted by Crippen LogP contribution is -1.88. The third-order valence-corrected chi connectivity index (χ3v) is 3.05. The van der Waals surface area contributed by atoms with Crippen molar-refractivity contribution in [2.45, 2.75) is 0 Å². The Morgan fingerprint density at radius 3 is 2.53 bits per heavy atom. The van der Waals surface area contributed by atoms with E-state index < -0.39 is 4.92 Å². The highest BCUT2D eigenvalue weighted by Crippen LogP contribution is 2.28. The summed E-state index contributed by atoms with van der Waals surface area (Å²) in [5.41, 5.74) is 1.01. The molecule has 4 nitrogen and oxygen atoms in total. The molecule has 2 aromatic carbocycles. The van der Waals surface area contributed by atoms with Crippen molar-refractivity contribution in [2.24, 2.45) is 4.99 Å². The topological polar surface area (TPSA) is 55.5 Å². The lowest BCUT2D eigenvalue weighted by molar-refractivity contribution is -0.384. The maximum Gasteiger partial charge on any atom is 0.290 e. The molecule has 19 heavy (non-hydrogen) atoms. The van der Waals surface area contributed by atoms with Crippen LogP contribution in [-0.4, -0.2) is 11.1 Å². The van der Waals surface area contributed by atoms with Crippen LogP contribution in [0.1, 0.15) is 5.56 Å². The van der Waals surface area contributed by atoms with Gasteiger partial charge in [0.05, 0.1) is 10.6 Å². The molecule has 0 saturated heterocycles. The molecular formula is C13H8Cl2N2O2.